The van der Waals surface area contributed by atoms with E-state index in [1.165, 1.54) is 5.56 Å². The molecule has 2 aliphatic heterocycles. The Balaban J connectivity index is 1.43. The standard InChI is InChI=1S/C19H30N4O2/c1-2-25-17-6-11-23(12-7-17)19(24)16-4-9-22(10-5-16)14-15-3-8-21-18(20)13-15/h3,8,13,16-17H,2,4-7,9-12,14H2,1H3,(H2,20,21). The van der Waals surface area contributed by atoms with Gasteiger partial charge in [0.2, 0.25) is 5.91 Å². The van der Waals surface area contributed by atoms with Crippen LogP contribution in [0.25, 0.3) is 0 Å². The van der Waals surface area contributed by atoms with E-state index in [0.29, 0.717) is 17.8 Å². The molecular formula is C19H30N4O2. The number of likely N-dealkylation sites (tertiary alicyclic amines) is 2. The Morgan fingerprint density at radius 3 is 2.60 bits per heavy atom. The van der Waals surface area contributed by atoms with Gasteiger partial charge >= 0.3 is 0 Å². The van der Waals surface area contributed by atoms with Crippen molar-refractivity contribution in [1.82, 2.24) is 14.8 Å². The van der Waals surface area contributed by atoms with Gasteiger partial charge in [-0.1, -0.05) is 0 Å². The quantitative estimate of drug-likeness (QED) is 0.882. The van der Waals surface area contributed by atoms with E-state index >= 15 is 0 Å². The zero-order valence-electron chi connectivity index (χ0n) is 15.2. The molecule has 0 aromatic carbocycles. The number of hydrogen-bond donors (Lipinski definition) is 1. The van der Waals surface area contributed by atoms with E-state index < -0.39 is 0 Å². The molecule has 2 aliphatic rings. The summed E-state index contributed by atoms with van der Waals surface area (Å²) < 4.78 is 5.68. The Morgan fingerprint density at radius 1 is 1.24 bits per heavy atom. The number of carbonyl (C=O) groups excluding carboxylic acids is 1. The Labute approximate surface area is 150 Å². The summed E-state index contributed by atoms with van der Waals surface area (Å²) in [7, 11) is 0. The lowest BCUT2D eigenvalue weighted by atomic mass is 9.94. The van der Waals surface area contributed by atoms with Crippen LogP contribution in [0.2, 0.25) is 0 Å². The van der Waals surface area contributed by atoms with Crippen LogP contribution >= 0.6 is 0 Å². The molecule has 138 valence electrons. The number of rotatable bonds is 5. The second kappa shape index (κ2) is 8.63. The molecule has 3 heterocycles. The van der Waals surface area contributed by atoms with Gasteiger partial charge in [-0.05, 0) is 63.4 Å². The van der Waals surface area contributed by atoms with Gasteiger partial charge in [-0.2, -0.15) is 0 Å². The van der Waals surface area contributed by atoms with Crippen molar-refractivity contribution in [2.24, 2.45) is 5.92 Å². The average molecular weight is 346 g/mol. The van der Waals surface area contributed by atoms with E-state index in [9.17, 15) is 4.79 Å². The average Bonchev–Trinajstić information content (AvgIpc) is 2.63. The summed E-state index contributed by atoms with van der Waals surface area (Å²) in [6.45, 7) is 7.31. The molecule has 0 aliphatic carbocycles. The highest BCUT2D eigenvalue weighted by molar-refractivity contribution is 5.79. The largest absolute Gasteiger partial charge is 0.384 e. The van der Waals surface area contributed by atoms with Crippen LogP contribution < -0.4 is 5.73 Å². The van der Waals surface area contributed by atoms with Crippen molar-refractivity contribution in [2.45, 2.75) is 45.3 Å². The monoisotopic (exact) mass is 346 g/mol. The van der Waals surface area contributed by atoms with E-state index in [-0.39, 0.29) is 5.92 Å². The van der Waals surface area contributed by atoms with Gasteiger partial charge < -0.3 is 15.4 Å². The molecule has 0 atom stereocenters. The van der Waals surface area contributed by atoms with Crippen molar-refractivity contribution in [1.29, 1.82) is 0 Å². The number of ether oxygens (including phenoxy) is 1. The molecule has 0 radical (unpaired) electrons. The minimum atomic E-state index is 0.183. The lowest BCUT2D eigenvalue weighted by Gasteiger charge is -2.37. The third-order valence-corrected chi connectivity index (χ3v) is 5.34. The molecule has 0 bridgehead atoms. The fraction of sp³-hybridized carbons (Fsp3) is 0.684. The molecule has 2 N–H and O–H groups in total. The number of carbonyl (C=O) groups is 1. The van der Waals surface area contributed by atoms with Crippen molar-refractivity contribution >= 4 is 11.7 Å². The van der Waals surface area contributed by atoms with Crippen molar-refractivity contribution < 1.29 is 9.53 Å². The normalized spacial score (nSPS) is 20.8. The second-order valence-electron chi connectivity index (χ2n) is 7.12. The summed E-state index contributed by atoms with van der Waals surface area (Å²) in [5.74, 6) is 1.10. The predicted octanol–water partition coefficient (Wildman–Crippen LogP) is 1.90. The maximum Gasteiger partial charge on any atom is 0.225 e. The lowest BCUT2D eigenvalue weighted by molar-refractivity contribution is -0.139. The molecule has 2 saturated heterocycles. The predicted molar refractivity (Wildman–Crippen MR) is 97.9 cm³/mol. The summed E-state index contributed by atoms with van der Waals surface area (Å²) in [5.41, 5.74) is 6.94. The summed E-state index contributed by atoms with van der Waals surface area (Å²) in [4.78, 5) is 21.3. The van der Waals surface area contributed by atoms with Gasteiger partial charge in [-0.3, -0.25) is 9.69 Å². The summed E-state index contributed by atoms with van der Waals surface area (Å²) in [6.07, 6.45) is 5.94. The molecule has 3 rings (SSSR count). The summed E-state index contributed by atoms with van der Waals surface area (Å²) in [6, 6.07) is 3.94. The maximum absolute atomic E-state index is 12.8. The highest BCUT2D eigenvalue weighted by Gasteiger charge is 2.30. The number of piperidine rings is 2. The van der Waals surface area contributed by atoms with E-state index in [2.05, 4.69) is 14.8 Å². The third kappa shape index (κ3) is 4.92. The number of nitrogen functional groups attached to an aromatic ring is 1. The molecule has 25 heavy (non-hydrogen) atoms. The molecule has 6 heteroatoms. The first-order chi connectivity index (χ1) is 12.2. The lowest BCUT2D eigenvalue weighted by Crippen LogP contribution is -2.46. The minimum absolute atomic E-state index is 0.183. The van der Waals surface area contributed by atoms with Gasteiger partial charge in [0.15, 0.2) is 0 Å². The molecule has 1 aromatic heterocycles. The van der Waals surface area contributed by atoms with E-state index in [1.54, 1.807) is 6.20 Å². The Bertz CT molecular complexity index is 564. The first-order valence-electron chi connectivity index (χ1n) is 9.49. The second-order valence-corrected chi connectivity index (χ2v) is 7.12. The van der Waals surface area contributed by atoms with E-state index in [4.69, 9.17) is 10.5 Å². The van der Waals surface area contributed by atoms with Crippen LogP contribution in [0.15, 0.2) is 18.3 Å². The smallest absolute Gasteiger partial charge is 0.225 e. The van der Waals surface area contributed by atoms with Gasteiger partial charge in [-0.25, -0.2) is 4.98 Å². The Morgan fingerprint density at radius 2 is 1.96 bits per heavy atom. The topological polar surface area (TPSA) is 71.7 Å². The SMILES string of the molecule is CCOC1CCN(C(=O)C2CCN(Cc3ccnc(N)c3)CC2)CC1. The number of amides is 1. The first kappa shape index (κ1) is 18.1. The third-order valence-electron chi connectivity index (χ3n) is 5.34. The number of aromatic nitrogens is 1. The number of anilines is 1. The molecule has 6 nitrogen and oxygen atoms in total. The van der Waals surface area contributed by atoms with Gasteiger partial charge in [-0.15, -0.1) is 0 Å². The summed E-state index contributed by atoms with van der Waals surface area (Å²) >= 11 is 0. The molecule has 1 amide bonds. The first-order valence-corrected chi connectivity index (χ1v) is 9.49. The molecule has 0 spiro atoms. The summed E-state index contributed by atoms with van der Waals surface area (Å²) in [5, 5.41) is 0. The van der Waals surface area contributed by atoms with Gasteiger partial charge in [0, 0.05) is 38.4 Å². The van der Waals surface area contributed by atoms with Crippen LogP contribution in [-0.4, -0.2) is 59.6 Å². The molecular weight excluding hydrogens is 316 g/mol. The number of nitrogens with two attached hydrogens (primary N) is 1. The number of hydrogen-bond acceptors (Lipinski definition) is 5. The van der Waals surface area contributed by atoms with Crippen molar-refractivity contribution in [3.8, 4) is 0 Å². The molecule has 2 fully saturated rings. The van der Waals surface area contributed by atoms with Crippen molar-refractivity contribution in [3.05, 3.63) is 23.9 Å². The number of nitrogens with zero attached hydrogens (tertiary/aromatic N) is 3. The Hall–Kier alpha value is -1.66. The van der Waals surface area contributed by atoms with Crippen molar-refractivity contribution in [3.63, 3.8) is 0 Å². The fourth-order valence-corrected chi connectivity index (χ4v) is 3.93. The molecule has 0 unspecified atom stereocenters. The van der Waals surface area contributed by atoms with E-state index in [1.807, 2.05) is 19.1 Å². The van der Waals surface area contributed by atoms with Crippen LogP contribution in [-0.2, 0) is 16.1 Å². The highest BCUT2D eigenvalue weighted by atomic mass is 16.5. The number of pyridine rings is 1. The van der Waals surface area contributed by atoms with Gasteiger partial charge in [0.05, 0.1) is 6.10 Å². The van der Waals surface area contributed by atoms with Crippen LogP contribution in [0.5, 0.6) is 0 Å². The van der Waals surface area contributed by atoms with Crippen LogP contribution in [0.1, 0.15) is 38.2 Å². The molecule has 1 aromatic rings. The Kier molecular flexibility index (Phi) is 6.26. The van der Waals surface area contributed by atoms with Crippen LogP contribution in [0, 0.1) is 5.92 Å². The highest BCUT2D eigenvalue weighted by Crippen LogP contribution is 2.23. The van der Waals surface area contributed by atoms with E-state index in [0.717, 1.165) is 65.0 Å². The molecule has 0 saturated carbocycles. The van der Waals surface area contributed by atoms with Gasteiger partial charge in [0.1, 0.15) is 5.82 Å². The van der Waals surface area contributed by atoms with Crippen LogP contribution in [0.4, 0.5) is 5.82 Å². The maximum atomic E-state index is 12.8. The van der Waals surface area contributed by atoms with Gasteiger partial charge in [0.25, 0.3) is 0 Å². The zero-order valence-corrected chi connectivity index (χ0v) is 15.2. The fourth-order valence-electron chi connectivity index (χ4n) is 3.93. The minimum Gasteiger partial charge on any atom is -0.384 e. The van der Waals surface area contributed by atoms with Crippen molar-refractivity contribution in [2.75, 3.05) is 38.5 Å². The van der Waals surface area contributed by atoms with Crippen LogP contribution in [0.3, 0.4) is 0 Å². The zero-order chi connectivity index (χ0) is 17.6.